The highest BCUT2D eigenvalue weighted by Crippen LogP contribution is 2.36. The van der Waals surface area contributed by atoms with Gasteiger partial charge < -0.3 is 15.2 Å². The molecule has 0 bridgehead atoms. The van der Waals surface area contributed by atoms with Gasteiger partial charge in [-0.3, -0.25) is 0 Å². The molecule has 2 N–H and O–H groups in total. The second-order valence-corrected chi connectivity index (χ2v) is 4.93. The van der Waals surface area contributed by atoms with Gasteiger partial charge in [0.25, 0.3) is 0 Å². The summed E-state index contributed by atoms with van der Waals surface area (Å²) in [5.41, 5.74) is 7.92. The molecule has 17 heavy (non-hydrogen) atoms. The van der Waals surface area contributed by atoms with E-state index in [1.54, 1.807) is 14.2 Å². The third kappa shape index (κ3) is 2.91. The minimum atomic E-state index is 0.0308. The molecule has 0 unspecified atom stereocenters. The van der Waals surface area contributed by atoms with Crippen LogP contribution in [0, 0.1) is 6.92 Å². The molecule has 96 valence electrons. The number of ether oxygens (including phenoxy) is 2. The zero-order chi connectivity index (χ0) is 13.1. The SMILES string of the molecule is COc1cc(C(C)(C)CCN)cc(OC)c1C. The van der Waals surface area contributed by atoms with E-state index >= 15 is 0 Å². The van der Waals surface area contributed by atoms with Crippen LogP contribution in [0.15, 0.2) is 12.1 Å². The summed E-state index contributed by atoms with van der Waals surface area (Å²) in [4.78, 5) is 0. The quantitative estimate of drug-likeness (QED) is 0.856. The van der Waals surface area contributed by atoms with Gasteiger partial charge >= 0.3 is 0 Å². The predicted octanol–water partition coefficient (Wildman–Crippen LogP) is 2.64. The predicted molar refractivity (Wildman–Crippen MR) is 71.0 cm³/mol. The Morgan fingerprint density at radius 2 is 1.59 bits per heavy atom. The second-order valence-electron chi connectivity index (χ2n) is 4.93. The summed E-state index contributed by atoms with van der Waals surface area (Å²) in [6.07, 6.45) is 0.933. The first-order valence-corrected chi connectivity index (χ1v) is 5.89. The Balaban J connectivity index is 3.26. The van der Waals surface area contributed by atoms with E-state index in [-0.39, 0.29) is 5.41 Å². The van der Waals surface area contributed by atoms with E-state index in [1.165, 1.54) is 5.56 Å². The Hall–Kier alpha value is -1.22. The summed E-state index contributed by atoms with van der Waals surface area (Å²) in [5.74, 6) is 1.73. The number of hydrogen-bond donors (Lipinski definition) is 1. The van der Waals surface area contributed by atoms with Crippen molar-refractivity contribution in [3.05, 3.63) is 23.3 Å². The van der Waals surface area contributed by atoms with Gasteiger partial charge in [0, 0.05) is 5.56 Å². The number of nitrogens with two attached hydrogens (primary N) is 1. The van der Waals surface area contributed by atoms with Crippen molar-refractivity contribution in [3.63, 3.8) is 0 Å². The van der Waals surface area contributed by atoms with Gasteiger partial charge in [-0.15, -0.1) is 0 Å². The zero-order valence-electron chi connectivity index (χ0n) is 11.5. The third-order valence-corrected chi connectivity index (χ3v) is 3.30. The molecular formula is C14H23NO2. The molecule has 0 aliphatic heterocycles. The molecule has 0 amide bonds. The minimum absolute atomic E-state index is 0.0308. The topological polar surface area (TPSA) is 44.5 Å². The normalized spacial score (nSPS) is 11.4. The first kappa shape index (κ1) is 13.8. The molecule has 0 heterocycles. The van der Waals surface area contributed by atoms with Gasteiger partial charge in [0.15, 0.2) is 0 Å². The molecule has 3 heteroatoms. The average Bonchev–Trinajstić information content (AvgIpc) is 2.29. The minimum Gasteiger partial charge on any atom is -0.496 e. The molecule has 0 spiro atoms. The van der Waals surface area contributed by atoms with Crippen molar-refractivity contribution in [2.24, 2.45) is 5.73 Å². The maximum atomic E-state index is 5.66. The molecule has 3 nitrogen and oxygen atoms in total. The maximum absolute atomic E-state index is 5.66. The van der Waals surface area contributed by atoms with Crippen LogP contribution < -0.4 is 15.2 Å². The van der Waals surface area contributed by atoms with Gasteiger partial charge in [0.2, 0.25) is 0 Å². The molecule has 0 aliphatic carbocycles. The lowest BCUT2D eigenvalue weighted by Crippen LogP contribution is -2.22. The molecule has 0 radical (unpaired) electrons. The maximum Gasteiger partial charge on any atom is 0.125 e. The Morgan fingerprint density at radius 1 is 1.12 bits per heavy atom. The number of benzene rings is 1. The van der Waals surface area contributed by atoms with Crippen LogP contribution in [0.5, 0.6) is 11.5 Å². The van der Waals surface area contributed by atoms with Crippen LogP contribution in [0.1, 0.15) is 31.4 Å². The summed E-state index contributed by atoms with van der Waals surface area (Å²) >= 11 is 0. The molecule has 0 aromatic heterocycles. The summed E-state index contributed by atoms with van der Waals surface area (Å²) in [7, 11) is 3.36. The van der Waals surface area contributed by atoms with Crippen LogP contribution in [-0.2, 0) is 5.41 Å². The van der Waals surface area contributed by atoms with E-state index in [0.717, 1.165) is 23.5 Å². The molecular weight excluding hydrogens is 214 g/mol. The fourth-order valence-electron chi connectivity index (χ4n) is 1.98. The first-order chi connectivity index (χ1) is 7.96. The lowest BCUT2D eigenvalue weighted by Gasteiger charge is -2.26. The third-order valence-electron chi connectivity index (χ3n) is 3.30. The van der Waals surface area contributed by atoms with Crippen LogP contribution >= 0.6 is 0 Å². The largest absolute Gasteiger partial charge is 0.496 e. The fraction of sp³-hybridized carbons (Fsp3) is 0.571. The molecule has 1 aromatic carbocycles. The Labute approximate surface area is 104 Å². The van der Waals surface area contributed by atoms with Gasteiger partial charge in [-0.05, 0) is 43.0 Å². The van der Waals surface area contributed by atoms with Crippen LogP contribution in [0.2, 0.25) is 0 Å². The van der Waals surface area contributed by atoms with Crippen LogP contribution in [-0.4, -0.2) is 20.8 Å². The van der Waals surface area contributed by atoms with Gasteiger partial charge in [-0.1, -0.05) is 13.8 Å². The molecule has 0 saturated heterocycles. The van der Waals surface area contributed by atoms with E-state index in [1.807, 2.05) is 6.92 Å². The summed E-state index contributed by atoms with van der Waals surface area (Å²) in [6.45, 7) is 7.04. The Bertz CT molecular complexity index is 361. The van der Waals surface area contributed by atoms with Crippen LogP contribution in [0.4, 0.5) is 0 Å². The lowest BCUT2D eigenvalue weighted by molar-refractivity contribution is 0.383. The van der Waals surface area contributed by atoms with Gasteiger partial charge in [-0.2, -0.15) is 0 Å². The van der Waals surface area contributed by atoms with Crippen LogP contribution in [0.25, 0.3) is 0 Å². The fourth-order valence-corrected chi connectivity index (χ4v) is 1.98. The van der Waals surface area contributed by atoms with Crippen LogP contribution in [0.3, 0.4) is 0 Å². The standard InChI is InChI=1S/C14H23NO2/c1-10-12(16-4)8-11(9-13(10)17-5)14(2,3)6-7-15/h8-9H,6-7,15H2,1-5H3. The van der Waals surface area contributed by atoms with E-state index in [2.05, 4.69) is 26.0 Å². The average molecular weight is 237 g/mol. The highest BCUT2D eigenvalue weighted by Gasteiger charge is 2.22. The van der Waals surface area contributed by atoms with Crippen molar-refractivity contribution < 1.29 is 9.47 Å². The van der Waals surface area contributed by atoms with E-state index in [4.69, 9.17) is 15.2 Å². The number of rotatable bonds is 5. The first-order valence-electron chi connectivity index (χ1n) is 5.89. The molecule has 0 aliphatic rings. The van der Waals surface area contributed by atoms with E-state index in [9.17, 15) is 0 Å². The molecule has 0 saturated carbocycles. The Kier molecular flexibility index (Phi) is 4.40. The van der Waals surface area contributed by atoms with E-state index in [0.29, 0.717) is 6.54 Å². The van der Waals surface area contributed by atoms with Crippen molar-refractivity contribution in [1.82, 2.24) is 0 Å². The summed E-state index contributed by atoms with van der Waals surface area (Å²) in [6, 6.07) is 4.15. The number of hydrogen-bond acceptors (Lipinski definition) is 3. The Morgan fingerprint density at radius 3 is 1.94 bits per heavy atom. The van der Waals surface area contributed by atoms with Crippen molar-refractivity contribution in [2.45, 2.75) is 32.6 Å². The molecule has 0 atom stereocenters. The monoisotopic (exact) mass is 237 g/mol. The second kappa shape index (κ2) is 5.41. The molecule has 1 aromatic rings. The van der Waals surface area contributed by atoms with Crippen molar-refractivity contribution in [3.8, 4) is 11.5 Å². The highest BCUT2D eigenvalue weighted by molar-refractivity contribution is 5.49. The van der Waals surface area contributed by atoms with Gasteiger partial charge in [-0.25, -0.2) is 0 Å². The van der Waals surface area contributed by atoms with Crippen molar-refractivity contribution in [1.29, 1.82) is 0 Å². The smallest absolute Gasteiger partial charge is 0.125 e. The van der Waals surface area contributed by atoms with Gasteiger partial charge in [0.1, 0.15) is 11.5 Å². The molecule has 1 rings (SSSR count). The van der Waals surface area contributed by atoms with Crippen molar-refractivity contribution >= 4 is 0 Å². The number of methoxy groups -OCH3 is 2. The summed E-state index contributed by atoms with van der Waals surface area (Å²) in [5, 5.41) is 0. The summed E-state index contributed by atoms with van der Waals surface area (Å²) < 4.78 is 10.8. The molecule has 0 fully saturated rings. The zero-order valence-corrected chi connectivity index (χ0v) is 11.5. The van der Waals surface area contributed by atoms with Gasteiger partial charge in [0.05, 0.1) is 14.2 Å². The lowest BCUT2D eigenvalue weighted by atomic mass is 9.81. The highest BCUT2D eigenvalue weighted by atomic mass is 16.5. The van der Waals surface area contributed by atoms with Crippen molar-refractivity contribution in [2.75, 3.05) is 20.8 Å². The van der Waals surface area contributed by atoms with E-state index < -0.39 is 0 Å².